The van der Waals surface area contributed by atoms with Gasteiger partial charge in [-0.1, -0.05) is 18.2 Å². The van der Waals surface area contributed by atoms with Crippen molar-refractivity contribution in [2.45, 2.75) is 13.8 Å². The van der Waals surface area contributed by atoms with Gasteiger partial charge in [0.1, 0.15) is 0 Å². The maximum Gasteiger partial charge on any atom is 0.337 e. The van der Waals surface area contributed by atoms with Gasteiger partial charge < -0.3 is 15.4 Å². The Morgan fingerprint density at radius 1 is 1.00 bits per heavy atom. The Morgan fingerprint density at radius 2 is 1.73 bits per heavy atom. The van der Waals surface area contributed by atoms with Crippen LogP contribution in [0.15, 0.2) is 42.5 Å². The summed E-state index contributed by atoms with van der Waals surface area (Å²) in [4.78, 5) is 23.5. The SMILES string of the molecule is COC(=O)c1cccc(NC(=O)Nc2cccc(C)c2C)c1. The van der Waals surface area contributed by atoms with Crippen LogP contribution in [0.1, 0.15) is 21.5 Å². The predicted octanol–water partition coefficient (Wildman–Crippen LogP) is 3.73. The van der Waals surface area contributed by atoms with E-state index in [2.05, 4.69) is 15.4 Å². The third-order valence-corrected chi connectivity index (χ3v) is 3.39. The van der Waals surface area contributed by atoms with Crippen LogP contribution in [-0.4, -0.2) is 19.1 Å². The molecule has 5 nitrogen and oxygen atoms in total. The summed E-state index contributed by atoms with van der Waals surface area (Å²) in [5.74, 6) is -0.446. The first kappa shape index (κ1) is 15.6. The minimum absolute atomic E-state index is 0.365. The van der Waals surface area contributed by atoms with Gasteiger partial charge in [0.05, 0.1) is 12.7 Å². The van der Waals surface area contributed by atoms with Crippen LogP contribution in [0.5, 0.6) is 0 Å². The first-order valence-corrected chi connectivity index (χ1v) is 6.84. The van der Waals surface area contributed by atoms with E-state index < -0.39 is 5.97 Å². The second-order valence-electron chi connectivity index (χ2n) is 4.90. The Hall–Kier alpha value is -2.82. The molecule has 2 amide bonds. The van der Waals surface area contributed by atoms with Crippen LogP contribution < -0.4 is 10.6 Å². The zero-order valence-corrected chi connectivity index (χ0v) is 12.8. The molecule has 0 saturated heterocycles. The van der Waals surface area contributed by atoms with Gasteiger partial charge >= 0.3 is 12.0 Å². The Labute approximate surface area is 129 Å². The van der Waals surface area contributed by atoms with Crippen molar-refractivity contribution in [3.63, 3.8) is 0 Å². The molecule has 114 valence electrons. The Bertz CT molecular complexity index is 711. The highest BCUT2D eigenvalue weighted by molar-refractivity contribution is 6.01. The number of methoxy groups -OCH3 is 1. The van der Waals surface area contributed by atoms with E-state index in [1.54, 1.807) is 24.3 Å². The summed E-state index contributed by atoms with van der Waals surface area (Å²) in [6, 6.07) is 11.9. The standard InChI is InChI=1S/C17H18N2O3/c1-11-6-4-9-15(12(11)2)19-17(21)18-14-8-5-7-13(10-14)16(20)22-3/h4-10H,1-3H3,(H2,18,19,21). The van der Waals surface area contributed by atoms with Crippen LogP contribution in [-0.2, 0) is 4.74 Å². The third-order valence-electron chi connectivity index (χ3n) is 3.39. The lowest BCUT2D eigenvalue weighted by molar-refractivity contribution is 0.0600. The molecule has 0 aromatic heterocycles. The van der Waals surface area contributed by atoms with E-state index >= 15 is 0 Å². The summed E-state index contributed by atoms with van der Waals surface area (Å²) in [7, 11) is 1.32. The second-order valence-corrected chi connectivity index (χ2v) is 4.90. The molecule has 0 atom stereocenters. The van der Waals surface area contributed by atoms with Gasteiger partial charge in [0, 0.05) is 11.4 Å². The molecule has 0 aliphatic carbocycles. The molecule has 5 heteroatoms. The highest BCUT2D eigenvalue weighted by Crippen LogP contribution is 2.18. The van der Waals surface area contributed by atoms with Crippen molar-refractivity contribution >= 4 is 23.4 Å². The zero-order chi connectivity index (χ0) is 16.1. The lowest BCUT2D eigenvalue weighted by Crippen LogP contribution is -2.20. The van der Waals surface area contributed by atoms with E-state index in [1.807, 2.05) is 32.0 Å². The molecule has 0 aliphatic rings. The van der Waals surface area contributed by atoms with Crippen molar-refractivity contribution in [2.75, 3.05) is 17.7 Å². The summed E-state index contributed by atoms with van der Waals surface area (Å²) in [5, 5.41) is 5.49. The number of hydrogen-bond acceptors (Lipinski definition) is 3. The van der Waals surface area contributed by atoms with Gasteiger partial charge in [-0.2, -0.15) is 0 Å². The first-order valence-electron chi connectivity index (χ1n) is 6.84. The maximum absolute atomic E-state index is 12.1. The average molecular weight is 298 g/mol. The van der Waals surface area contributed by atoms with Crippen molar-refractivity contribution < 1.29 is 14.3 Å². The molecular formula is C17H18N2O3. The molecule has 0 unspecified atom stereocenters. The van der Waals surface area contributed by atoms with Crippen LogP contribution in [0.4, 0.5) is 16.2 Å². The number of urea groups is 1. The van der Waals surface area contributed by atoms with Crippen molar-refractivity contribution in [1.29, 1.82) is 0 Å². The number of ether oxygens (including phenoxy) is 1. The lowest BCUT2D eigenvalue weighted by atomic mass is 10.1. The molecule has 0 aliphatic heterocycles. The molecule has 0 saturated carbocycles. The number of rotatable bonds is 3. The van der Waals surface area contributed by atoms with E-state index in [0.717, 1.165) is 16.8 Å². The highest BCUT2D eigenvalue weighted by atomic mass is 16.5. The van der Waals surface area contributed by atoms with Gasteiger partial charge in [0.15, 0.2) is 0 Å². The number of anilines is 2. The monoisotopic (exact) mass is 298 g/mol. The number of carbonyl (C=O) groups excluding carboxylic acids is 2. The number of benzene rings is 2. The summed E-state index contributed by atoms with van der Waals surface area (Å²) < 4.78 is 4.65. The van der Waals surface area contributed by atoms with E-state index in [-0.39, 0.29) is 6.03 Å². The minimum atomic E-state index is -0.446. The summed E-state index contributed by atoms with van der Waals surface area (Å²) in [6.07, 6.45) is 0. The Balaban J connectivity index is 2.09. The molecule has 0 heterocycles. The van der Waals surface area contributed by atoms with Crippen LogP contribution >= 0.6 is 0 Å². The lowest BCUT2D eigenvalue weighted by Gasteiger charge is -2.11. The average Bonchev–Trinajstić information content (AvgIpc) is 2.51. The fourth-order valence-corrected chi connectivity index (χ4v) is 2.01. The number of aryl methyl sites for hydroxylation is 1. The minimum Gasteiger partial charge on any atom is -0.465 e. The molecule has 0 bridgehead atoms. The van der Waals surface area contributed by atoms with Gasteiger partial charge in [-0.25, -0.2) is 9.59 Å². The van der Waals surface area contributed by atoms with Gasteiger partial charge in [0.2, 0.25) is 0 Å². The van der Waals surface area contributed by atoms with E-state index in [9.17, 15) is 9.59 Å². The van der Waals surface area contributed by atoms with Crippen LogP contribution in [0.25, 0.3) is 0 Å². The van der Waals surface area contributed by atoms with Gasteiger partial charge in [-0.15, -0.1) is 0 Å². The number of amides is 2. The summed E-state index contributed by atoms with van der Waals surface area (Å²) in [5.41, 5.74) is 3.77. The summed E-state index contributed by atoms with van der Waals surface area (Å²) in [6.45, 7) is 3.93. The van der Waals surface area contributed by atoms with E-state index in [1.165, 1.54) is 7.11 Å². The Morgan fingerprint density at radius 3 is 2.45 bits per heavy atom. The molecule has 2 N–H and O–H groups in total. The maximum atomic E-state index is 12.1. The second kappa shape index (κ2) is 6.76. The molecule has 22 heavy (non-hydrogen) atoms. The fourth-order valence-electron chi connectivity index (χ4n) is 2.01. The van der Waals surface area contributed by atoms with Gasteiger partial charge in [-0.05, 0) is 49.2 Å². The van der Waals surface area contributed by atoms with Gasteiger partial charge in [-0.3, -0.25) is 0 Å². The van der Waals surface area contributed by atoms with Crippen LogP contribution in [0.2, 0.25) is 0 Å². The molecular weight excluding hydrogens is 280 g/mol. The molecule has 0 fully saturated rings. The largest absolute Gasteiger partial charge is 0.465 e. The fraction of sp³-hybridized carbons (Fsp3) is 0.176. The Kier molecular flexibility index (Phi) is 4.78. The van der Waals surface area contributed by atoms with E-state index in [0.29, 0.717) is 11.3 Å². The van der Waals surface area contributed by atoms with E-state index in [4.69, 9.17) is 0 Å². The topological polar surface area (TPSA) is 67.4 Å². The predicted molar refractivity (Wildman–Crippen MR) is 86.3 cm³/mol. The highest BCUT2D eigenvalue weighted by Gasteiger charge is 2.09. The van der Waals surface area contributed by atoms with Crippen molar-refractivity contribution in [1.82, 2.24) is 0 Å². The van der Waals surface area contributed by atoms with Crippen molar-refractivity contribution in [3.05, 3.63) is 59.2 Å². The van der Waals surface area contributed by atoms with Crippen LogP contribution in [0, 0.1) is 13.8 Å². The third kappa shape index (κ3) is 3.63. The quantitative estimate of drug-likeness (QED) is 0.848. The van der Waals surface area contributed by atoms with Crippen LogP contribution in [0.3, 0.4) is 0 Å². The molecule has 0 radical (unpaired) electrons. The number of nitrogens with one attached hydrogen (secondary N) is 2. The first-order chi connectivity index (χ1) is 10.5. The molecule has 0 spiro atoms. The molecule has 2 rings (SSSR count). The van der Waals surface area contributed by atoms with Crippen molar-refractivity contribution in [3.8, 4) is 0 Å². The number of esters is 1. The molecule has 2 aromatic carbocycles. The zero-order valence-electron chi connectivity index (χ0n) is 12.8. The smallest absolute Gasteiger partial charge is 0.337 e. The van der Waals surface area contributed by atoms with Gasteiger partial charge in [0.25, 0.3) is 0 Å². The normalized spacial score (nSPS) is 9.95. The molecule has 2 aromatic rings. The van der Waals surface area contributed by atoms with Crippen molar-refractivity contribution in [2.24, 2.45) is 0 Å². The number of carbonyl (C=O) groups is 2. The number of hydrogen-bond donors (Lipinski definition) is 2. The summed E-state index contributed by atoms with van der Waals surface area (Å²) >= 11 is 0.